The molecule has 2 fully saturated rings. The number of nitrogens with zero attached hydrogens (tertiary/aromatic N) is 1. The maximum atomic E-state index is 13.4. The fourth-order valence-electron chi connectivity index (χ4n) is 7.88. The summed E-state index contributed by atoms with van der Waals surface area (Å²) in [6.07, 6.45) is -1.90. The average Bonchev–Trinajstić information content (AvgIpc) is 3.50. The van der Waals surface area contributed by atoms with Crippen LogP contribution in [-0.4, -0.2) is 107 Å². The molecule has 1 amide bonds. The summed E-state index contributed by atoms with van der Waals surface area (Å²) in [5.74, 6) is -4.81. The maximum absolute atomic E-state index is 13.4. The Morgan fingerprint density at radius 1 is 1.19 bits per heavy atom. The highest BCUT2D eigenvalue weighted by atomic mass is 16.8. The van der Waals surface area contributed by atoms with E-state index < -0.39 is 83.8 Å². The van der Waals surface area contributed by atoms with Crippen LogP contribution in [0.25, 0.3) is 0 Å². The van der Waals surface area contributed by atoms with Crippen LogP contribution in [0.1, 0.15) is 64.0 Å². The second kappa shape index (κ2) is 12.0. The van der Waals surface area contributed by atoms with Gasteiger partial charge in [0.1, 0.15) is 11.8 Å². The molecule has 1 aromatic carbocycles. The summed E-state index contributed by atoms with van der Waals surface area (Å²) in [7, 11) is 3.51. The molecule has 3 heterocycles. The lowest BCUT2D eigenvalue weighted by Crippen LogP contribution is -2.74. The minimum absolute atomic E-state index is 0.170. The number of ether oxygens (including phenoxy) is 6. The Labute approximate surface area is 276 Å². The lowest BCUT2D eigenvalue weighted by Gasteiger charge is -2.61. The third-order valence-electron chi connectivity index (χ3n) is 10.1. The van der Waals surface area contributed by atoms with Crippen LogP contribution in [0.3, 0.4) is 0 Å². The van der Waals surface area contributed by atoms with E-state index in [0.717, 1.165) is 11.1 Å². The molecular weight excluding hydrogens is 632 g/mol. The van der Waals surface area contributed by atoms with Gasteiger partial charge in [0.25, 0.3) is 0 Å². The topological polar surface area (TPSA) is 196 Å². The van der Waals surface area contributed by atoms with Gasteiger partial charge in [0.05, 0.1) is 24.5 Å². The van der Waals surface area contributed by atoms with Gasteiger partial charge in [0.15, 0.2) is 29.8 Å². The number of aliphatic carboxylic acids is 1. The van der Waals surface area contributed by atoms with E-state index in [-0.39, 0.29) is 24.6 Å². The highest BCUT2D eigenvalue weighted by molar-refractivity contribution is 5.89. The van der Waals surface area contributed by atoms with Crippen molar-refractivity contribution in [3.8, 4) is 11.5 Å². The van der Waals surface area contributed by atoms with Gasteiger partial charge in [0, 0.05) is 38.3 Å². The number of aliphatic hydroxyl groups is 1. The number of likely N-dealkylation sites (N-methyl/N-ethyl adjacent to an activating group) is 1. The van der Waals surface area contributed by atoms with Crippen LogP contribution in [0, 0.1) is 0 Å². The van der Waals surface area contributed by atoms with Crippen molar-refractivity contribution in [3.63, 3.8) is 0 Å². The molecule has 0 aromatic heterocycles. The maximum Gasteiger partial charge on any atom is 0.352 e. The minimum atomic E-state index is -1.47. The molecule has 15 nitrogen and oxygen atoms in total. The fourth-order valence-corrected chi connectivity index (χ4v) is 7.88. The Balaban J connectivity index is 1.17. The van der Waals surface area contributed by atoms with Crippen LogP contribution in [-0.2, 0) is 54.8 Å². The summed E-state index contributed by atoms with van der Waals surface area (Å²) >= 11 is 0. The van der Waals surface area contributed by atoms with E-state index in [0.29, 0.717) is 30.9 Å². The van der Waals surface area contributed by atoms with Crippen LogP contribution >= 0.6 is 0 Å². The number of carboxylic acids is 1. The normalized spacial score (nSPS) is 30.5. The molecule has 15 heteroatoms. The average molecular weight is 673 g/mol. The molecule has 2 saturated heterocycles. The number of cyclic esters (lactones) is 1. The highest BCUT2D eigenvalue weighted by Crippen LogP contribution is 2.65. The predicted octanol–water partition coefficient (Wildman–Crippen LogP) is 0.866. The van der Waals surface area contributed by atoms with Crippen molar-refractivity contribution in [2.75, 3.05) is 20.7 Å². The number of carbonyl (C=O) groups excluding carboxylic acids is 4. The van der Waals surface area contributed by atoms with Crippen molar-refractivity contribution >= 4 is 29.8 Å². The first-order valence-electron chi connectivity index (χ1n) is 15.9. The first-order chi connectivity index (χ1) is 22.6. The van der Waals surface area contributed by atoms with Gasteiger partial charge in [-0.2, -0.15) is 0 Å². The van der Waals surface area contributed by atoms with E-state index in [1.807, 2.05) is 19.2 Å². The molecule has 3 N–H and O–H groups in total. The molecular formula is C33H40N2O13. The Hall–Kier alpha value is -4.21. The van der Waals surface area contributed by atoms with Crippen molar-refractivity contribution in [1.29, 1.82) is 0 Å². The van der Waals surface area contributed by atoms with E-state index in [1.165, 1.54) is 27.9 Å². The molecule has 3 aliphatic heterocycles. The summed E-state index contributed by atoms with van der Waals surface area (Å²) < 4.78 is 33.7. The van der Waals surface area contributed by atoms with Crippen molar-refractivity contribution in [3.05, 3.63) is 35.1 Å². The zero-order valence-electron chi connectivity index (χ0n) is 27.4. The Bertz CT molecular complexity index is 1590. The van der Waals surface area contributed by atoms with Crippen molar-refractivity contribution in [2.45, 2.75) is 106 Å². The number of hydrogen-bond donors (Lipinski definition) is 3. The third-order valence-corrected chi connectivity index (χ3v) is 10.1. The van der Waals surface area contributed by atoms with Crippen LogP contribution in [0.4, 0.5) is 0 Å². The summed E-state index contributed by atoms with van der Waals surface area (Å²) in [4.78, 5) is 64.7. The minimum Gasteiger partial charge on any atom is -0.493 e. The van der Waals surface area contributed by atoms with E-state index in [9.17, 15) is 34.2 Å². The number of hydrogen-bond acceptors (Lipinski definition) is 13. The molecule has 48 heavy (non-hydrogen) atoms. The molecule has 1 spiro atoms. The molecule has 260 valence electrons. The Kier molecular flexibility index (Phi) is 8.45. The summed E-state index contributed by atoms with van der Waals surface area (Å²) in [5.41, 5.74) is -0.242. The highest BCUT2D eigenvalue weighted by Gasteiger charge is 2.72. The first kappa shape index (κ1) is 33.7. The van der Waals surface area contributed by atoms with E-state index in [4.69, 9.17) is 28.4 Å². The SMILES string of the molecule is COc1ccc2c3c1O[C@@H]1C(OC(=O)[C@H](C)OC(=O)[C@H](CCC(=O)O)NC(=O)C[C@@H]4OC(C)(C)OC4=O)=CC[C@]4(O)[C@H](C2)N(C)CC[C@@]314. The van der Waals surface area contributed by atoms with Gasteiger partial charge in [-0.15, -0.1) is 0 Å². The van der Waals surface area contributed by atoms with Crippen molar-refractivity contribution in [2.24, 2.45) is 0 Å². The molecule has 5 aliphatic rings. The quantitative estimate of drug-likeness (QED) is 0.221. The van der Waals surface area contributed by atoms with Gasteiger partial charge in [-0.25, -0.2) is 14.4 Å². The monoisotopic (exact) mass is 672 g/mol. The smallest absolute Gasteiger partial charge is 0.352 e. The lowest BCUT2D eigenvalue weighted by atomic mass is 9.50. The van der Waals surface area contributed by atoms with Crippen molar-refractivity contribution in [1.82, 2.24) is 10.2 Å². The molecule has 0 unspecified atom stereocenters. The zero-order valence-corrected chi connectivity index (χ0v) is 27.4. The van der Waals surface area contributed by atoms with Gasteiger partial charge in [-0.3, -0.25) is 9.59 Å². The number of benzene rings is 1. The summed E-state index contributed by atoms with van der Waals surface area (Å²) in [5, 5.41) is 23.9. The fraction of sp³-hybridized carbons (Fsp3) is 0.606. The third kappa shape index (κ3) is 5.47. The summed E-state index contributed by atoms with van der Waals surface area (Å²) in [6, 6.07) is 2.16. The number of amides is 1. The molecule has 2 aliphatic carbocycles. The number of likely N-dealkylation sites (tertiary alicyclic amines) is 1. The predicted molar refractivity (Wildman–Crippen MR) is 162 cm³/mol. The van der Waals surface area contributed by atoms with Crippen LogP contribution in [0.2, 0.25) is 0 Å². The number of rotatable bonds is 11. The molecule has 0 saturated carbocycles. The molecule has 6 rings (SSSR count). The van der Waals surface area contributed by atoms with Crippen LogP contribution in [0.5, 0.6) is 11.5 Å². The first-order valence-corrected chi connectivity index (χ1v) is 15.9. The second-order valence-corrected chi connectivity index (χ2v) is 13.5. The largest absolute Gasteiger partial charge is 0.493 e. The van der Waals surface area contributed by atoms with E-state index >= 15 is 0 Å². The van der Waals surface area contributed by atoms with Gasteiger partial charge in [-0.05, 0) is 57.5 Å². The number of carboxylic acid groups (broad SMARTS) is 1. The zero-order chi connectivity index (χ0) is 34.8. The Morgan fingerprint density at radius 3 is 2.60 bits per heavy atom. The van der Waals surface area contributed by atoms with Crippen LogP contribution < -0.4 is 14.8 Å². The van der Waals surface area contributed by atoms with Gasteiger partial charge in [0.2, 0.25) is 11.7 Å². The molecule has 2 bridgehead atoms. The van der Waals surface area contributed by atoms with Gasteiger partial charge in [-0.1, -0.05) is 6.07 Å². The Morgan fingerprint density at radius 2 is 1.94 bits per heavy atom. The standard InChI is InChI=1S/C33H40N2O13/c1-16(44-29(40)18(7-9-24(37)38)34-23(36)15-21-30(41)48-31(2,3)47-21)28(39)45-20-10-11-33(42)22-14-17-6-8-19(43-5)26-25(17)32(33,27(20)46-26)12-13-35(22)4/h6,8,10,16,18,21-22,27,42H,7,9,11-15H2,1-5H3,(H,34,36)(H,37,38)/t16-,18-,21-,22-,27+,32+,33-/m0/s1. The number of esters is 3. The van der Waals surface area contributed by atoms with E-state index in [2.05, 4.69) is 10.2 Å². The van der Waals surface area contributed by atoms with E-state index in [1.54, 1.807) is 6.08 Å². The number of piperidine rings is 1. The summed E-state index contributed by atoms with van der Waals surface area (Å²) in [6.45, 7) is 4.97. The number of methoxy groups -OCH3 is 1. The second-order valence-electron chi connectivity index (χ2n) is 13.5. The molecule has 7 atom stereocenters. The molecule has 1 aromatic rings. The number of carbonyl (C=O) groups is 5. The van der Waals surface area contributed by atoms with Crippen molar-refractivity contribution < 1.29 is 62.6 Å². The van der Waals surface area contributed by atoms with Gasteiger partial charge < -0.3 is 48.9 Å². The number of nitrogens with one attached hydrogen (secondary N) is 1. The van der Waals surface area contributed by atoms with Gasteiger partial charge >= 0.3 is 23.9 Å². The molecule has 0 radical (unpaired) electrons. The van der Waals surface area contributed by atoms with Crippen LogP contribution in [0.15, 0.2) is 24.0 Å². The lowest BCUT2D eigenvalue weighted by molar-refractivity contribution is -0.176.